The summed E-state index contributed by atoms with van der Waals surface area (Å²) >= 11 is 1.42. The molecule has 1 N–H and O–H groups in total. The number of hydrogen-bond donors (Lipinski definition) is 1. The second-order valence-electron chi connectivity index (χ2n) is 5.68. The SMILES string of the molecule is COc1cccc2sc(NC(=O)Cc3cnn(-c4ccccc4)c3)nc12. The zero-order valence-electron chi connectivity index (χ0n) is 14.0. The van der Waals surface area contributed by atoms with Crippen molar-refractivity contribution in [1.29, 1.82) is 0 Å². The first-order chi connectivity index (χ1) is 12.7. The Kier molecular flexibility index (Phi) is 4.37. The van der Waals surface area contributed by atoms with Gasteiger partial charge in [0, 0.05) is 6.20 Å². The Bertz CT molecular complexity index is 1060. The third kappa shape index (κ3) is 3.29. The lowest BCUT2D eigenvalue weighted by Crippen LogP contribution is -2.13. The first kappa shape index (κ1) is 16.3. The molecule has 0 saturated heterocycles. The summed E-state index contributed by atoms with van der Waals surface area (Å²) in [6.45, 7) is 0. The fourth-order valence-corrected chi connectivity index (χ4v) is 3.56. The fraction of sp³-hybridized carbons (Fsp3) is 0.105. The number of para-hydroxylation sites is 2. The lowest BCUT2D eigenvalue weighted by atomic mass is 10.2. The highest BCUT2D eigenvalue weighted by Crippen LogP contribution is 2.32. The van der Waals surface area contributed by atoms with E-state index < -0.39 is 0 Å². The van der Waals surface area contributed by atoms with Crippen molar-refractivity contribution in [3.8, 4) is 11.4 Å². The van der Waals surface area contributed by atoms with Crippen molar-refractivity contribution in [1.82, 2.24) is 14.8 Å². The van der Waals surface area contributed by atoms with Gasteiger partial charge in [-0.1, -0.05) is 35.6 Å². The number of nitrogens with zero attached hydrogens (tertiary/aromatic N) is 3. The van der Waals surface area contributed by atoms with E-state index >= 15 is 0 Å². The van der Waals surface area contributed by atoms with Crippen molar-refractivity contribution in [3.05, 3.63) is 66.5 Å². The number of thiazole rings is 1. The molecule has 26 heavy (non-hydrogen) atoms. The molecule has 0 fully saturated rings. The van der Waals surface area contributed by atoms with E-state index in [1.807, 2.05) is 54.7 Å². The van der Waals surface area contributed by atoms with Crippen LogP contribution in [0.4, 0.5) is 5.13 Å². The molecule has 2 heterocycles. The topological polar surface area (TPSA) is 69.0 Å². The summed E-state index contributed by atoms with van der Waals surface area (Å²) in [7, 11) is 1.61. The molecule has 0 bridgehead atoms. The van der Waals surface area contributed by atoms with E-state index in [2.05, 4.69) is 15.4 Å². The number of hydrogen-bond acceptors (Lipinski definition) is 5. The van der Waals surface area contributed by atoms with Gasteiger partial charge in [0.05, 0.1) is 30.1 Å². The Balaban J connectivity index is 1.47. The van der Waals surface area contributed by atoms with Crippen LogP contribution in [0.1, 0.15) is 5.56 Å². The smallest absolute Gasteiger partial charge is 0.230 e. The molecule has 0 aliphatic rings. The molecule has 0 radical (unpaired) electrons. The number of amides is 1. The van der Waals surface area contributed by atoms with Crippen molar-refractivity contribution in [3.63, 3.8) is 0 Å². The van der Waals surface area contributed by atoms with Gasteiger partial charge in [0.2, 0.25) is 5.91 Å². The highest BCUT2D eigenvalue weighted by Gasteiger charge is 2.12. The van der Waals surface area contributed by atoms with Crippen molar-refractivity contribution >= 4 is 32.6 Å². The molecule has 0 unspecified atom stereocenters. The molecular formula is C19H16N4O2S. The standard InChI is InChI=1S/C19H16N4O2S/c1-25-15-8-5-9-16-18(15)22-19(26-16)21-17(24)10-13-11-20-23(12-13)14-6-3-2-4-7-14/h2-9,11-12H,10H2,1H3,(H,21,22,24). The average molecular weight is 364 g/mol. The molecule has 0 saturated carbocycles. The largest absolute Gasteiger partial charge is 0.494 e. The molecule has 0 atom stereocenters. The quantitative estimate of drug-likeness (QED) is 0.587. The van der Waals surface area contributed by atoms with E-state index in [1.54, 1.807) is 18.0 Å². The normalized spacial score (nSPS) is 10.8. The first-order valence-corrected chi connectivity index (χ1v) is 8.87. The third-order valence-corrected chi connectivity index (χ3v) is 4.81. The number of carbonyl (C=O) groups excluding carboxylic acids is 1. The number of rotatable bonds is 5. The number of carbonyl (C=O) groups is 1. The lowest BCUT2D eigenvalue weighted by molar-refractivity contribution is -0.115. The molecule has 2 aromatic heterocycles. The highest BCUT2D eigenvalue weighted by molar-refractivity contribution is 7.22. The molecule has 0 aliphatic heterocycles. The van der Waals surface area contributed by atoms with Crippen LogP contribution in [0.3, 0.4) is 0 Å². The Labute approximate surface area is 154 Å². The molecule has 0 spiro atoms. The van der Waals surface area contributed by atoms with E-state index in [-0.39, 0.29) is 12.3 Å². The number of anilines is 1. The highest BCUT2D eigenvalue weighted by atomic mass is 32.1. The van der Waals surface area contributed by atoms with Crippen LogP contribution in [0.25, 0.3) is 15.9 Å². The number of nitrogens with one attached hydrogen (secondary N) is 1. The average Bonchev–Trinajstić information content (AvgIpc) is 3.28. The first-order valence-electron chi connectivity index (χ1n) is 8.05. The van der Waals surface area contributed by atoms with Gasteiger partial charge in [0.25, 0.3) is 0 Å². The molecule has 0 aliphatic carbocycles. The van der Waals surface area contributed by atoms with E-state index in [4.69, 9.17) is 4.74 Å². The van der Waals surface area contributed by atoms with Gasteiger partial charge in [-0.25, -0.2) is 9.67 Å². The molecule has 1 amide bonds. The number of fused-ring (bicyclic) bond motifs is 1. The number of benzene rings is 2. The van der Waals surface area contributed by atoms with E-state index in [0.29, 0.717) is 10.9 Å². The van der Waals surface area contributed by atoms with Crippen molar-refractivity contribution < 1.29 is 9.53 Å². The summed E-state index contributed by atoms with van der Waals surface area (Å²) in [5.41, 5.74) is 2.55. The summed E-state index contributed by atoms with van der Waals surface area (Å²) in [5.74, 6) is 0.569. The predicted molar refractivity (Wildman–Crippen MR) is 102 cm³/mol. The van der Waals surface area contributed by atoms with Gasteiger partial charge < -0.3 is 10.1 Å². The number of ether oxygens (including phenoxy) is 1. The van der Waals surface area contributed by atoms with Crippen LogP contribution in [0, 0.1) is 0 Å². The summed E-state index contributed by atoms with van der Waals surface area (Å²) in [6, 6.07) is 15.5. The molecule has 4 aromatic rings. The zero-order valence-corrected chi connectivity index (χ0v) is 14.9. The van der Waals surface area contributed by atoms with Gasteiger partial charge in [0.15, 0.2) is 5.13 Å². The maximum Gasteiger partial charge on any atom is 0.230 e. The van der Waals surface area contributed by atoms with Crippen molar-refractivity contribution in [2.45, 2.75) is 6.42 Å². The molecule has 4 rings (SSSR count). The van der Waals surface area contributed by atoms with Crippen LogP contribution in [0.5, 0.6) is 5.75 Å². The minimum Gasteiger partial charge on any atom is -0.494 e. The van der Waals surface area contributed by atoms with E-state index in [1.165, 1.54) is 11.3 Å². The Hall–Kier alpha value is -3.19. The van der Waals surface area contributed by atoms with Gasteiger partial charge in [0.1, 0.15) is 11.3 Å². The summed E-state index contributed by atoms with van der Waals surface area (Å²) < 4.78 is 8.03. The van der Waals surface area contributed by atoms with E-state index in [0.717, 1.165) is 21.5 Å². The van der Waals surface area contributed by atoms with Crippen molar-refractivity contribution in [2.75, 3.05) is 12.4 Å². The van der Waals surface area contributed by atoms with Gasteiger partial charge >= 0.3 is 0 Å². The van der Waals surface area contributed by atoms with Crippen LogP contribution in [-0.4, -0.2) is 27.8 Å². The number of methoxy groups -OCH3 is 1. The maximum atomic E-state index is 12.3. The maximum absolute atomic E-state index is 12.3. The van der Waals surface area contributed by atoms with E-state index in [9.17, 15) is 4.79 Å². The molecule has 2 aromatic carbocycles. The number of aromatic nitrogens is 3. The lowest BCUT2D eigenvalue weighted by Gasteiger charge is -2.00. The van der Waals surface area contributed by atoms with Crippen LogP contribution in [-0.2, 0) is 11.2 Å². The van der Waals surface area contributed by atoms with Crippen LogP contribution < -0.4 is 10.1 Å². The van der Waals surface area contributed by atoms with Gasteiger partial charge in [-0.05, 0) is 29.8 Å². The Morgan fingerprint density at radius 3 is 2.85 bits per heavy atom. The summed E-state index contributed by atoms with van der Waals surface area (Å²) in [5, 5.41) is 7.73. The minimum absolute atomic E-state index is 0.129. The molecular weight excluding hydrogens is 348 g/mol. The zero-order chi connectivity index (χ0) is 17.9. The minimum atomic E-state index is -0.129. The fourth-order valence-electron chi connectivity index (χ4n) is 2.66. The summed E-state index contributed by atoms with van der Waals surface area (Å²) in [4.78, 5) is 16.8. The molecule has 130 valence electrons. The van der Waals surface area contributed by atoms with Crippen LogP contribution >= 0.6 is 11.3 Å². The van der Waals surface area contributed by atoms with Crippen molar-refractivity contribution in [2.24, 2.45) is 0 Å². The summed E-state index contributed by atoms with van der Waals surface area (Å²) in [6.07, 6.45) is 3.80. The van der Waals surface area contributed by atoms with Crippen LogP contribution in [0.2, 0.25) is 0 Å². The second-order valence-corrected chi connectivity index (χ2v) is 6.71. The Morgan fingerprint density at radius 1 is 1.19 bits per heavy atom. The third-order valence-electron chi connectivity index (χ3n) is 3.87. The molecule has 6 nitrogen and oxygen atoms in total. The predicted octanol–water partition coefficient (Wildman–Crippen LogP) is 3.67. The van der Waals surface area contributed by atoms with Gasteiger partial charge in [-0.3, -0.25) is 4.79 Å². The second kappa shape index (κ2) is 6.97. The Morgan fingerprint density at radius 2 is 2.04 bits per heavy atom. The van der Waals surface area contributed by atoms with Crippen LogP contribution in [0.15, 0.2) is 60.9 Å². The van der Waals surface area contributed by atoms with Gasteiger partial charge in [-0.15, -0.1) is 0 Å². The monoisotopic (exact) mass is 364 g/mol. The van der Waals surface area contributed by atoms with Gasteiger partial charge in [-0.2, -0.15) is 5.10 Å². The molecule has 7 heteroatoms.